The second-order valence-corrected chi connectivity index (χ2v) is 25.5. The fourth-order valence-electron chi connectivity index (χ4n) is 11.9. The molecule has 2 aromatic rings. The highest BCUT2D eigenvalue weighted by Crippen LogP contribution is 2.43. The summed E-state index contributed by atoms with van der Waals surface area (Å²) in [4.78, 5) is 5.44. The summed E-state index contributed by atoms with van der Waals surface area (Å²) < 4.78 is 29.0. The molecule has 0 bridgehead atoms. The largest absolute Gasteiger partial charge is 0.493 e. The lowest BCUT2D eigenvalue weighted by Crippen LogP contribution is -2.26. The van der Waals surface area contributed by atoms with Crippen LogP contribution in [0.1, 0.15) is 375 Å². The average Bonchev–Trinajstić information content (AvgIpc) is 3.67. The van der Waals surface area contributed by atoms with Gasteiger partial charge in [0.05, 0.1) is 26.4 Å². The van der Waals surface area contributed by atoms with E-state index in [2.05, 4.69) is 89.5 Å². The summed E-state index contributed by atoms with van der Waals surface area (Å²) in [5.74, 6) is 4.02. The Hall–Kier alpha value is -2.76. The molecule has 6 heteroatoms. The summed E-state index contributed by atoms with van der Waals surface area (Å²) in [5, 5.41) is 0. The number of nitrogens with zero attached hydrogens (tertiary/aromatic N) is 2. The van der Waals surface area contributed by atoms with Gasteiger partial charge in [0.1, 0.15) is 23.0 Å². The zero-order chi connectivity index (χ0) is 59.7. The highest BCUT2D eigenvalue weighted by molar-refractivity contribution is 5.65. The Morgan fingerprint density at radius 1 is 0.217 bits per heavy atom. The highest BCUT2D eigenvalue weighted by atomic mass is 16.5. The monoisotopic (exact) mass is 1160 g/mol. The molecule has 0 spiro atoms. The van der Waals surface area contributed by atoms with Crippen molar-refractivity contribution < 1.29 is 18.9 Å². The van der Waals surface area contributed by atoms with Gasteiger partial charge in [-0.3, -0.25) is 0 Å². The molecule has 484 valence electrons. The van der Waals surface area contributed by atoms with Crippen molar-refractivity contribution in [3.63, 3.8) is 0 Å². The number of hydrogen-bond acceptors (Lipinski definition) is 6. The van der Waals surface area contributed by atoms with E-state index >= 15 is 0 Å². The molecule has 0 amide bonds. The Kier molecular flexibility index (Phi) is 52.4. The molecule has 0 aliphatic heterocycles. The number of ether oxygens (including phenoxy) is 4. The van der Waals surface area contributed by atoms with E-state index in [1.165, 1.54) is 305 Å². The van der Waals surface area contributed by atoms with Crippen LogP contribution >= 0.6 is 0 Å². The predicted molar refractivity (Wildman–Crippen MR) is 369 cm³/mol. The SMILES string of the molecule is CCCCCCCCOc1cc(N(CCCCCCCC)CCCCCCCC)cc(OCCCCCCCC)c1Cc1c(OCCCCCCCC)cc(N(CCCCCCCC)CCCCCCCC)cc1OCCCCCCCC. The first-order valence-electron chi connectivity index (χ1n) is 37.4. The molecule has 0 atom stereocenters. The molecule has 0 fully saturated rings. The van der Waals surface area contributed by atoms with E-state index in [1.54, 1.807) is 0 Å². The Labute approximate surface area is 518 Å². The van der Waals surface area contributed by atoms with Crippen LogP contribution in [0.2, 0.25) is 0 Å². The van der Waals surface area contributed by atoms with Gasteiger partial charge in [-0.2, -0.15) is 0 Å². The Morgan fingerprint density at radius 2 is 0.386 bits per heavy atom. The highest BCUT2D eigenvalue weighted by Gasteiger charge is 2.24. The van der Waals surface area contributed by atoms with Crippen molar-refractivity contribution in [2.75, 3.05) is 62.4 Å². The van der Waals surface area contributed by atoms with Gasteiger partial charge in [-0.25, -0.2) is 0 Å². The van der Waals surface area contributed by atoms with E-state index in [0.29, 0.717) is 6.42 Å². The average molecular weight is 1160 g/mol. The second kappa shape index (κ2) is 57.0. The first-order chi connectivity index (χ1) is 41.0. The van der Waals surface area contributed by atoms with Crippen LogP contribution in [0.4, 0.5) is 11.4 Å². The third kappa shape index (κ3) is 39.6. The van der Waals surface area contributed by atoms with E-state index in [4.69, 9.17) is 18.9 Å². The van der Waals surface area contributed by atoms with Crippen LogP contribution in [0.15, 0.2) is 24.3 Å². The van der Waals surface area contributed by atoms with Crippen LogP contribution in [-0.4, -0.2) is 52.6 Å². The molecule has 0 aliphatic carbocycles. The molecular formula is C77H142N2O4. The number of unbranched alkanes of at least 4 members (excludes halogenated alkanes) is 40. The Bertz CT molecular complexity index is 1460. The Balaban J connectivity index is 2.97. The minimum atomic E-state index is 0.652. The van der Waals surface area contributed by atoms with Crippen LogP contribution in [0.25, 0.3) is 0 Å². The third-order valence-corrected chi connectivity index (χ3v) is 17.5. The van der Waals surface area contributed by atoms with E-state index in [1.807, 2.05) is 0 Å². The van der Waals surface area contributed by atoms with Crippen molar-refractivity contribution in [1.29, 1.82) is 0 Å². The molecule has 6 nitrogen and oxygen atoms in total. The summed E-state index contributed by atoms with van der Waals surface area (Å²) in [6, 6.07) is 9.79. The van der Waals surface area contributed by atoms with Gasteiger partial charge < -0.3 is 28.7 Å². The summed E-state index contributed by atoms with van der Waals surface area (Å²) in [5.41, 5.74) is 4.90. The van der Waals surface area contributed by atoms with Gasteiger partial charge in [0.15, 0.2) is 0 Å². The van der Waals surface area contributed by atoms with Gasteiger partial charge in [-0.1, -0.05) is 312 Å². The molecule has 0 radical (unpaired) electrons. The maximum absolute atomic E-state index is 7.25. The fraction of sp³-hybridized carbons (Fsp3) is 0.844. The third-order valence-electron chi connectivity index (χ3n) is 17.5. The van der Waals surface area contributed by atoms with Crippen molar-refractivity contribution in [1.82, 2.24) is 0 Å². The van der Waals surface area contributed by atoms with Gasteiger partial charge in [-0.05, 0) is 51.4 Å². The van der Waals surface area contributed by atoms with Crippen molar-refractivity contribution in [2.24, 2.45) is 0 Å². The predicted octanol–water partition coefficient (Wildman–Crippen LogP) is 25.3. The minimum absolute atomic E-state index is 0.652. The smallest absolute Gasteiger partial charge is 0.128 e. The summed E-state index contributed by atoms with van der Waals surface area (Å²) >= 11 is 0. The molecular weight excluding hydrogens is 1020 g/mol. The van der Waals surface area contributed by atoms with E-state index in [0.717, 1.165) is 101 Å². The lowest BCUT2D eigenvalue weighted by Gasteiger charge is -2.29. The first kappa shape index (κ1) is 76.3. The number of anilines is 2. The van der Waals surface area contributed by atoms with Gasteiger partial charge >= 0.3 is 0 Å². The number of benzene rings is 2. The zero-order valence-electron chi connectivity index (χ0n) is 57.1. The van der Waals surface area contributed by atoms with Crippen LogP contribution < -0.4 is 28.7 Å². The number of hydrogen-bond donors (Lipinski definition) is 0. The summed E-state index contributed by atoms with van der Waals surface area (Å²) in [7, 11) is 0. The standard InChI is InChI=1S/C77H142N2O4/c1-9-17-25-33-41-49-57-78(58-50-42-34-26-18-10-2)70-65-74(80-61-53-45-37-29-21-13-5)72(75(66-70)81-62-54-46-38-30-22-14-6)69-73-76(82-63-55-47-39-31-23-15-7)67-71(68-77(73)83-64-56-48-40-32-24-16-8)79(59-51-43-35-27-19-11-3)60-52-44-36-28-20-12-4/h65-68H,9-64,69H2,1-8H3. The van der Waals surface area contributed by atoms with Gasteiger partial charge in [-0.15, -0.1) is 0 Å². The molecule has 0 N–H and O–H groups in total. The minimum Gasteiger partial charge on any atom is -0.493 e. The molecule has 0 aromatic heterocycles. The van der Waals surface area contributed by atoms with Gasteiger partial charge in [0, 0.05) is 79.4 Å². The molecule has 2 rings (SSSR count). The quantitative estimate of drug-likeness (QED) is 0.0615. The molecule has 0 saturated heterocycles. The van der Waals surface area contributed by atoms with Crippen LogP contribution in [-0.2, 0) is 6.42 Å². The first-order valence-corrected chi connectivity index (χ1v) is 37.4. The van der Waals surface area contributed by atoms with Crippen molar-refractivity contribution in [2.45, 2.75) is 370 Å². The lowest BCUT2D eigenvalue weighted by atomic mass is 9.98. The number of rotatable bonds is 64. The van der Waals surface area contributed by atoms with Gasteiger partial charge in [0.2, 0.25) is 0 Å². The zero-order valence-corrected chi connectivity index (χ0v) is 57.1. The van der Waals surface area contributed by atoms with Crippen molar-refractivity contribution in [3.8, 4) is 23.0 Å². The van der Waals surface area contributed by atoms with Gasteiger partial charge in [0.25, 0.3) is 0 Å². The van der Waals surface area contributed by atoms with Crippen LogP contribution in [0.3, 0.4) is 0 Å². The topological polar surface area (TPSA) is 43.4 Å². The molecule has 2 aromatic carbocycles. The molecule has 0 saturated carbocycles. The normalized spacial score (nSPS) is 11.5. The van der Waals surface area contributed by atoms with E-state index < -0.39 is 0 Å². The van der Waals surface area contributed by atoms with Crippen molar-refractivity contribution in [3.05, 3.63) is 35.4 Å². The Morgan fingerprint density at radius 3 is 0.578 bits per heavy atom. The van der Waals surface area contributed by atoms with Crippen molar-refractivity contribution >= 4 is 11.4 Å². The maximum atomic E-state index is 7.25. The second-order valence-electron chi connectivity index (χ2n) is 25.5. The molecule has 0 unspecified atom stereocenters. The summed E-state index contributed by atoms with van der Waals surface area (Å²) in [6.45, 7) is 25.8. The maximum Gasteiger partial charge on any atom is 0.128 e. The fourth-order valence-corrected chi connectivity index (χ4v) is 11.9. The molecule has 0 aliphatic rings. The van der Waals surface area contributed by atoms with E-state index in [9.17, 15) is 0 Å². The lowest BCUT2D eigenvalue weighted by molar-refractivity contribution is 0.279. The van der Waals surface area contributed by atoms with Crippen LogP contribution in [0, 0.1) is 0 Å². The molecule has 0 heterocycles. The van der Waals surface area contributed by atoms with Crippen LogP contribution in [0.5, 0.6) is 23.0 Å². The molecule has 83 heavy (non-hydrogen) atoms. The summed E-state index contributed by atoms with van der Waals surface area (Å²) in [6.07, 6.45) is 61.9. The van der Waals surface area contributed by atoms with E-state index in [-0.39, 0.29) is 0 Å².